The molecule has 1 aliphatic heterocycles. The van der Waals surface area contributed by atoms with E-state index in [4.69, 9.17) is 4.74 Å². The topological polar surface area (TPSA) is 12.5 Å². The Morgan fingerprint density at radius 3 is 2.21 bits per heavy atom. The summed E-state index contributed by atoms with van der Waals surface area (Å²) in [5.41, 5.74) is 0. The maximum absolute atomic E-state index is 5.72. The van der Waals surface area contributed by atoms with Crippen LogP contribution < -0.4 is 0 Å². The van der Waals surface area contributed by atoms with Gasteiger partial charge in [-0.25, -0.2) is 0 Å². The van der Waals surface area contributed by atoms with Gasteiger partial charge >= 0.3 is 0 Å². The SMILES string of the molecule is CCCCC/C=C\C[C@@H]1O[C@@H]1CCCCCCCC. The van der Waals surface area contributed by atoms with Crippen LogP contribution in [0.4, 0.5) is 0 Å². The van der Waals surface area contributed by atoms with E-state index in [2.05, 4.69) is 26.0 Å². The average molecular weight is 266 g/mol. The van der Waals surface area contributed by atoms with E-state index >= 15 is 0 Å². The number of ether oxygens (including phenoxy) is 1. The maximum atomic E-state index is 5.72. The molecule has 0 N–H and O–H groups in total. The van der Waals surface area contributed by atoms with Gasteiger partial charge in [0.15, 0.2) is 0 Å². The van der Waals surface area contributed by atoms with Crippen LogP contribution in [0.15, 0.2) is 12.2 Å². The fourth-order valence-corrected chi connectivity index (χ4v) is 2.63. The monoisotopic (exact) mass is 266 g/mol. The molecule has 0 aromatic heterocycles. The lowest BCUT2D eigenvalue weighted by Gasteiger charge is -1.98. The van der Waals surface area contributed by atoms with Gasteiger partial charge in [0, 0.05) is 0 Å². The van der Waals surface area contributed by atoms with Crippen molar-refractivity contribution < 1.29 is 4.74 Å². The smallest absolute Gasteiger partial charge is 0.0876 e. The molecule has 0 radical (unpaired) electrons. The summed E-state index contributed by atoms with van der Waals surface area (Å²) in [5.74, 6) is 0. The molecule has 0 amide bonds. The first kappa shape index (κ1) is 16.8. The van der Waals surface area contributed by atoms with Crippen LogP contribution in [0.5, 0.6) is 0 Å². The van der Waals surface area contributed by atoms with Crippen molar-refractivity contribution in [3.63, 3.8) is 0 Å². The molecule has 1 heterocycles. The van der Waals surface area contributed by atoms with E-state index in [1.165, 1.54) is 70.6 Å². The Morgan fingerprint density at radius 2 is 1.42 bits per heavy atom. The summed E-state index contributed by atoms with van der Waals surface area (Å²) >= 11 is 0. The minimum absolute atomic E-state index is 0.554. The molecule has 0 unspecified atom stereocenters. The number of hydrogen-bond acceptors (Lipinski definition) is 1. The second-order valence-electron chi connectivity index (χ2n) is 5.97. The van der Waals surface area contributed by atoms with E-state index in [0.29, 0.717) is 12.2 Å². The Bertz CT molecular complexity index is 222. The van der Waals surface area contributed by atoms with Crippen molar-refractivity contribution in [2.45, 2.75) is 103 Å². The molecule has 0 aromatic rings. The number of allylic oxidation sites excluding steroid dienone is 1. The highest BCUT2D eigenvalue weighted by molar-refractivity contribution is 4.93. The largest absolute Gasteiger partial charge is 0.369 e. The molecule has 112 valence electrons. The zero-order valence-corrected chi connectivity index (χ0v) is 13.2. The van der Waals surface area contributed by atoms with Gasteiger partial charge in [0.2, 0.25) is 0 Å². The predicted molar refractivity (Wildman–Crippen MR) is 84.6 cm³/mol. The van der Waals surface area contributed by atoms with Crippen LogP contribution >= 0.6 is 0 Å². The van der Waals surface area contributed by atoms with Gasteiger partial charge in [-0.2, -0.15) is 0 Å². The third-order valence-electron chi connectivity index (χ3n) is 4.04. The molecule has 1 aliphatic rings. The summed E-state index contributed by atoms with van der Waals surface area (Å²) in [6.45, 7) is 4.53. The number of rotatable bonds is 13. The molecule has 1 nitrogen and oxygen atoms in total. The minimum Gasteiger partial charge on any atom is -0.369 e. The Hall–Kier alpha value is -0.300. The highest BCUT2D eigenvalue weighted by Crippen LogP contribution is 2.30. The second kappa shape index (κ2) is 11.5. The summed E-state index contributed by atoms with van der Waals surface area (Å²) in [6.07, 6.45) is 21.9. The lowest BCUT2D eigenvalue weighted by molar-refractivity contribution is 0.358. The first-order chi connectivity index (χ1) is 9.38. The number of epoxide rings is 1. The Morgan fingerprint density at radius 1 is 0.737 bits per heavy atom. The van der Waals surface area contributed by atoms with Gasteiger partial charge in [-0.3, -0.25) is 0 Å². The van der Waals surface area contributed by atoms with Gasteiger partial charge in [-0.15, -0.1) is 0 Å². The Kier molecular flexibility index (Phi) is 10.2. The van der Waals surface area contributed by atoms with Gasteiger partial charge in [-0.05, 0) is 25.7 Å². The minimum atomic E-state index is 0.554. The Labute approximate surface area is 120 Å². The van der Waals surface area contributed by atoms with Gasteiger partial charge in [0.1, 0.15) is 0 Å². The third kappa shape index (κ3) is 9.27. The van der Waals surface area contributed by atoms with Crippen molar-refractivity contribution in [3.8, 4) is 0 Å². The van der Waals surface area contributed by atoms with E-state index in [-0.39, 0.29) is 0 Å². The summed E-state index contributed by atoms with van der Waals surface area (Å²) in [4.78, 5) is 0. The quantitative estimate of drug-likeness (QED) is 0.225. The molecule has 1 rings (SSSR count). The van der Waals surface area contributed by atoms with E-state index in [9.17, 15) is 0 Å². The first-order valence-corrected chi connectivity index (χ1v) is 8.69. The molecule has 2 atom stereocenters. The van der Waals surface area contributed by atoms with Crippen LogP contribution in [0.1, 0.15) is 90.9 Å². The van der Waals surface area contributed by atoms with Crippen molar-refractivity contribution >= 4 is 0 Å². The van der Waals surface area contributed by atoms with Crippen LogP contribution in [0.25, 0.3) is 0 Å². The summed E-state index contributed by atoms with van der Waals surface area (Å²) in [6, 6.07) is 0. The molecule has 0 aromatic carbocycles. The highest BCUT2D eigenvalue weighted by atomic mass is 16.6. The van der Waals surface area contributed by atoms with Gasteiger partial charge in [0.25, 0.3) is 0 Å². The summed E-state index contributed by atoms with van der Waals surface area (Å²) in [7, 11) is 0. The predicted octanol–water partition coefficient (Wildman–Crippen LogP) is 6.03. The molecular weight excluding hydrogens is 232 g/mol. The lowest BCUT2D eigenvalue weighted by atomic mass is 10.1. The molecule has 0 bridgehead atoms. The second-order valence-corrected chi connectivity index (χ2v) is 5.97. The van der Waals surface area contributed by atoms with E-state index < -0.39 is 0 Å². The fraction of sp³-hybridized carbons (Fsp3) is 0.889. The zero-order valence-electron chi connectivity index (χ0n) is 13.2. The zero-order chi connectivity index (χ0) is 13.8. The summed E-state index contributed by atoms with van der Waals surface area (Å²) in [5, 5.41) is 0. The molecule has 1 heteroatoms. The van der Waals surface area contributed by atoms with Crippen LogP contribution in [0.3, 0.4) is 0 Å². The molecule has 0 spiro atoms. The van der Waals surface area contributed by atoms with Gasteiger partial charge in [-0.1, -0.05) is 77.4 Å². The average Bonchev–Trinajstić information content (AvgIpc) is 3.16. The van der Waals surface area contributed by atoms with Crippen LogP contribution in [0.2, 0.25) is 0 Å². The summed E-state index contributed by atoms with van der Waals surface area (Å²) < 4.78 is 5.72. The van der Waals surface area contributed by atoms with Crippen molar-refractivity contribution in [2.24, 2.45) is 0 Å². The van der Waals surface area contributed by atoms with E-state index in [0.717, 1.165) is 6.42 Å². The number of hydrogen-bond donors (Lipinski definition) is 0. The molecular formula is C18H34O. The molecule has 0 aliphatic carbocycles. The van der Waals surface area contributed by atoms with Crippen molar-refractivity contribution in [2.75, 3.05) is 0 Å². The van der Waals surface area contributed by atoms with Crippen molar-refractivity contribution in [1.29, 1.82) is 0 Å². The van der Waals surface area contributed by atoms with Gasteiger partial charge < -0.3 is 4.74 Å². The van der Waals surface area contributed by atoms with Crippen molar-refractivity contribution in [3.05, 3.63) is 12.2 Å². The fourth-order valence-electron chi connectivity index (χ4n) is 2.63. The van der Waals surface area contributed by atoms with Crippen LogP contribution in [0, 0.1) is 0 Å². The van der Waals surface area contributed by atoms with Gasteiger partial charge in [0.05, 0.1) is 12.2 Å². The molecule has 1 fully saturated rings. The third-order valence-corrected chi connectivity index (χ3v) is 4.04. The number of unbranched alkanes of at least 4 members (excludes halogenated alkanes) is 8. The van der Waals surface area contributed by atoms with E-state index in [1.54, 1.807) is 0 Å². The highest BCUT2D eigenvalue weighted by Gasteiger charge is 2.36. The normalized spacial score (nSPS) is 22.2. The van der Waals surface area contributed by atoms with Crippen molar-refractivity contribution in [1.82, 2.24) is 0 Å². The molecule has 19 heavy (non-hydrogen) atoms. The lowest BCUT2D eigenvalue weighted by Crippen LogP contribution is -1.92. The van der Waals surface area contributed by atoms with E-state index in [1.807, 2.05) is 0 Å². The molecule has 1 saturated heterocycles. The Balaban J connectivity index is 1.83. The first-order valence-electron chi connectivity index (χ1n) is 8.69. The standard InChI is InChI=1S/C18H34O/c1-3-5-7-9-11-13-15-17-18(19-17)16-14-12-10-8-6-4-2/h11,13,17-18H,3-10,12,14-16H2,1-2H3/b13-11-/t17-,18+/m0/s1. The molecule has 0 saturated carbocycles. The van der Waals surface area contributed by atoms with Crippen LogP contribution in [-0.4, -0.2) is 12.2 Å². The maximum Gasteiger partial charge on any atom is 0.0876 e. The van der Waals surface area contributed by atoms with Crippen LogP contribution in [-0.2, 0) is 4.74 Å².